The summed E-state index contributed by atoms with van der Waals surface area (Å²) < 4.78 is 1.38. The van der Waals surface area contributed by atoms with Crippen LogP contribution in [0.15, 0.2) is 17.0 Å². The maximum atomic E-state index is 4.50. The van der Waals surface area contributed by atoms with Crippen LogP contribution in [0.25, 0.3) is 10.1 Å². The van der Waals surface area contributed by atoms with Gasteiger partial charge in [-0.2, -0.15) is 0 Å². The highest BCUT2D eigenvalue weighted by Gasteiger charge is 2.06. The largest absolute Gasteiger partial charge is 0.143 e. The van der Waals surface area contributed by atoms with Crippen LogP contribution in [0.5, 0.6) is 0 Å². The summed E-state index contributed by atoms with van der Waals surface area (Å²) in [5.41, 5.74) is 2.58. The maximum absolute atomic E-state index is 4.50. The van der Waals surface area contributed by atoms with Crippen molar-refractivity contribution < 1.29 is 0 Å². The molecule has 0 radical (unpaired) electrons. The number of fused-ring (bicyclic) bond motifs is 1. The second kappa shape index (κ2) is 3.03. The van der Waals surface area contributed by atoms with Gasteiger partial charge in [0.15, 0.2) is 0 Å². The standard InChI is InChI=1S/C11H12S2/c1-6-4-10-9(5-7(2)13-10)8(3)11(6)12/h4-5,12H,1-3H3. The molecule has 0 aliphatic heterocycles. The second-order valence-electron chi connectivity index (χ2n) is 3.44. The van der Waals surface area contributed by atoms with Gasteiger partial charge in [0.05, 0.1) is 0 Å². The lowest BCUT2D eigenvalue weighted by atomic mass is 10.1. The highest BCUT2D eigenvalue weighted by atomic mass is 32.1. The second-order valence-corrected chi connectivity index (χ2v) is 5.17. The van der Waals surface area contributed by atoms with Gasteiger partial charge >= 0.3 is 0 Å². The quantitative estimate of drug-likeness (QED) is 0.619. The molecule has 0 spiro atoms. The summed E-state index contributed by atoms with van der Waals surface area (Å²) in [6.45, 7) is 6.41. The molecule has 2 heteroatoms. The lowest BCUT2D eigenvalue weighted by Crippen LogP contribution is -1.81. The Labute approximate surface area is 88.0 Å². The summed E-state index contributed by atoms with van der Waals surface area (Å²) in [5, 5.41) is 1.36. The summed E-state index contributed by atoms with van der Waals surface area (Å²) in [7, 11) is 0. The Morgan fingerprint density at radius 2 is 1.85 bits per heavy atom. The molecule has 2 rings (SSSR count). The average Bonchev–Trinajstić information content (AvgIpc) is 2.42. The van der Waals surface area contributed by atoms with Crippen LogP contribution >= 0.6 is 24.0 Å². The summed E-state index contributed by atoms with van der Waals surface area (Å²) in [6, 6.07) is 4.47. The van der Waals surface area contributed by atoms with Crippen LogP contribution in [0.1, 0.15) is 16.0 Å². The predicted octanol–water partition coefficient (Wildman–Crippen LogP) is 4.12. The van der Waals surface area contributed by atoms with E-state index >= 15 is 0 Å². The van der Waals surface area contributed by atoms with E-state index < -0.39 is 0 Å². The van der Waals surface area contributed by atoms with Crippen LogP contribution < -0.4 is 0 Å². The predicted molar refractivity (Wildman–Crippen MR) is 63.3 cm³/mol. The highest BCUT2D eigenvalue weighted by molar-refractivity contribution is 7.80. The van der Waals surface area contributed by atoms with Crippen molar-refractivity contribution in [1.29, 1.82) is 0 Å². The first-order chi connectivity index (χ1) is 6.09. The molecular formula is C11H12S2. The van der Waals surface area contributed by atoms with Crippen LogP contribution in [-0.4, -0.2) is 0 Å². The van der Waals surface area contributed by atoms with E-state index in [-0.39, 0.29) is 0 Å². The number of hydrogen-bond acceptors (Lipinski definition) is 2. The highest BCUT2D eigenvalue weighted by Crippen LogP contribution is 2.33. The van der Waals surface area contributed by atoms with Crippen LogP contribution in [-0.2, 0) is 0 Å². The number of hydrogen-bond donors (Lipinski definition) is 1. The van der Waals surface area contributed by atoms with E-state index in [1.54, 1.807) is 0 Å². The number of aryl methyl sites for hydroxylation is 3. The molecule has 0 fully saturated rings. The number of rotatable bonds is 0. The Hall–Kier alpha value is -0.470. The lowest BCUT2D eigenvalue weighted by Gasteiger charge is -2.04. The third kappa shape index (κ3) is 1.38. The van der Waals surface area contributed by atoms with Crippen molar-refractivity contribution in [2.75, 3.05) is 0 Å². The minimum atomic E-state index is 1.13. The average molecular weight is 208 g/mol. The maximum Gasteiger partial charge on any atom is 0.0351 e. The van der Waals surface area contributed by atoms with Gasteiger partial charge in [0.25, 0.3) is 0 Å². The zero-order chi connectivity index (χ0) is 9.59. The van der Waals surface area contributed by atoms with Crippen molar-refractivity contribution in [3.8, 4) is 0 Å². The molecule has 1 heterocycles. The van der Waals surface area contributed by atoms with E-state index in [4.69, 9.17) is 0 Å². The van der Waals surface area contributed by atoms with Gasteiger partial charge in [-0.1, -0.05) is 0 Å². The summed E-state index contributed by atoms with van der Waals surface area (Å²) in [4.78, 5) is 2.50. The Bertz CT molecular complexity index is 466. The van der Waals surface area contributed by atoms with Crippen LogP contribution in [0.2, 0.25) is 0 Å². The molecule has 0 aliphatic rings. The molecular weight excluding hydrogens is 196 g/mol. The van der Waals surface area contributed by atoms with Gasteiger partial charge in [-0.15, -0.1) is 24.0 Å². The smallest absolute Gasteiger partial charge is 0.0351 e. The third-order valence-corrected chi connectivity index (χ3v) is 4.05. The lowest BCUT2D eigenvalue weighted by molar-refractivity contribution is 1.26. The van der Waals surface area contributed by atoms with Crippen LogP contribution in [0, 0.1) is 20.8 Å². The minimum Gasteiger partial charge on any atom is -0.143 e. The molecule has 1 aromatic heterocycles. The number of thiol groups is 1. The van der Waals surface area contributed by atoms with Crippen molar-refractivity contribution in [3.63, 3.8) is 0 Å². The Kier molecular flexibility index (Phi) is 2.12. The third-order valence-electron chi connectivity index (χ3n) is 2.36. The molecule has 0 aliphatic carbocycles. The molecule has 0 nitrogen and oxygen atoms in total. The molecule has 0 N–H and O–H groups in total. The van der Waals surface area contributed by atoms with Crippen molar-refractivity contribution >= 4 is 34.1 Å². The van der Waals surface area contributed by atoms with E-state index in [1.165, 1.54) is 26.1 Å². The molecule has 0 saturated heterocycles. The zero-order valence-electron chi connectivity index (χ0n) is 8.01. The van der Waals surface area contributed by atoms with Gasteiger partial charge in [-0.3, -0.25) is 0 Å². The van der Waals surface area contributed by atoms with Crippen LogP contribution in [0.4, 0.5) is 0 Å². The first-order valence-electron chi connectivity index (χ1n) is 4.29. The van der Waals surface area contributed by atoms with Gasteiger partial charge in [0.2, 0.25) is 0 Å². The molecule has 2 aromatic rings. The van der Waals surface area contributed by atoms with E-state index in [2.05, 4.69) is 45.5 Å². The van der Waals surface area contributed by atoms with E-state index in [1.807, 2.05) is 11.3 Å². The molecule has 0 saturated carbocycles. The fraction of sp³-hybridized carbons (Fsp3) is 0.273. The van der Waals surface area contributed by atoms with Gasteiger partial charge in [-0.25, -0.2) is 0 Å². The Morgan fingerprint density at radius 3 is 2.54 bits per heavy atom. The van der Waals surface area contributed by atoms with Gasteiger partial charge in [0.1, 0.15) is 0 Å². The number of benzene rings is 1. The fourth-order valence-corrected chi connectivity index (χ4v) is 2.89. The summed E-state index contributed by atoms with van der Waals surface area (Å²) in [5.74, 6) is 0. The first-order valence-corrected chi connectivity index (χ1v) is 5.55. The van der Waals surface area contributed by atoms with E-state index in [0.717, 1.165) is 4.90 Å². The minimum absolute atomic E-state index is 1.13. The van der Waals surface area contributed by atoms with Gasteiger partial charge < -0.3 is 0 Å². The monoisotopic (exact) mass is 208 g/mol. The Balaban J connectivity index is 2.92. The van der Waals surface area contributed by atoms with Crippen LogP contribution in [0.3, 0.4) is 0 Å². The molecule has 0 unspecified atom stereocenters. The molecule has 13 heavy (non-hydrogen) atoms. The molecule has 1 aromatic carbocycles. The Morgan fingerprint density at radius 1 is 1.15 bits per heavy atom. The van der Waals surface area contributed by atoms with Crippen molar-refractivity contribution in [2.24, 2.45) is 0 Å². The van der Waals surface area contributed by atoms with E-state index in [9.17, 15) is 0 Å². The topological polar surface area (TPSA) is 0 Å². The fourth-order valence-electron chi connectivity index (χ4n) is 1.62. The normalized spacial score (nSPS) is 11.1. The molecule has 0 atom stereocenters. The zero-order valence-corrected chi connectivity index (χ0v) is 9.72. The molecule has 0 bridgehead atoms. The summed E-state index contributed by atoms with van der Waals surface area (Å²) >= 11 is 6.36. The van der Waals surface area contributed by atoms with Crippen molar-refractivity contribution in [3.05, 3.63) is 28.1 Å². The van der Waals surface area contributed by atoms with Gasteiger partial charge in [0, 0.05) is 14.5 Å². The number of thiophene rings is 1. The SMILES string of the molecule is Cc1cc2c(C)c(S)c(C)cc2s1. The molecule has 0 amide bonds. The summed E-state index contributed by atoms with van der Waals surface area (Å²) in [6.07, 6.45) is 0. The van der Waals surface area contributed by atoms with Crippen molar-refractivity contribution in [2.45, 2.75) is 25.7 Å². The van der Waals surface area contributed by atoms with Crippen molar-refractivity contribution in [1.82, 2.24) is 0 Å². The van der Waals surface area contributed by atoms with Gasteiger partial charge in [-0.05, 0) is 49.4 Å². The van der Waals surface area contributed by atoms with E-state index in [0.29, 0.717) is 0 Å². The first kappa shape index (κ1) is 9.10. The molecule has 68 valence electrons.